The summed E-state index contributed by atoms with van der Waals surface area (Å²) in [5, 5.41) is 9.26. The first-order valence-electron chi connectivity index (χ1n) is 6.28. The molecule has 2 atom stereocenters. The van der Waals surface area contributed by atoms with Crippen LogP contribution < -0.4 is 0 Å². The van der Waals surface area contributed by atoms with Gasteiger partial charge in [0.25, 0.3) is 0 Å². The predicted octanol–water partition coefficient (Wildman–Crippen LogP) is 3.04. The maximum Gasteiger partial charge on any atom is 0.0471 e. The number of benzene rings is 1. The molecule has 94 valence electrons. The second-order valence-electron chi connectivity index (χ2n) is 5.03. The van der Waals surface area contributed by atoms with E-state index >= 15 is 0 Å². The fourth-order valence-corrected chi connectivity index (χ4v) is 2.72. The van der Waals surface area contributed by atoms with Crippen LogP contribution in [-0.2, 0) is 6.54 Å². The van der Waals surface area contributed by atoms with Gasteiger partial charge in [-0.05, 0) is 43.4 Å². The summed E-state index contributed by atoms with van der Waals surface area (Å²) in [7, 11) is 0. The van der Waals surface area contributed by atoms with Crippen LogP contribution in [0.1, 0.15) is 25.3 Å². The van der Waals surface area contributed by atoms with Crippen molar-refractivity contribution in [1.82, 2.24) is 4.90 Å². The lowest BCUT2D eigenvalue weighted by atomic mass is 9.93. The van der Waals surface area contributed by atoms with Crippen LogP contribution in [0.5, 0.6) is 0 Å². The Bertz CT molecular complexity index is 352. The van der Waals surface area contributed by atoms with E-state index in [0.717, 1.165) is 24.0 Å². The second kappa shape index (κ2) is 5.98. The number of halogens is 1. The molecule has 1 saturated heterocycles. The van der Waals surface area contributed by atoms with Crippen molar-refractivity contribution in [2.24, 2.45) is 5.92 Å². The highest BCUT2D eigenvalue weighted by Crippen LogP contribution is 2.23. The molecule has 3 heteroatoms. The minimum atomic E-state index is 0.323. The Morgan fingerprint density at radius 3 is 2.65 bits per heavy atom. The average molecular weight is 298 g/mol. The Labute approximate surface area is 112 Å². The van der Waals surface area contributed by atoms with Gasteiger partial charge in [0.2, 0.25) is 0 Å². The van der Waals surface area contributed by atoms with Gasteiger partial charge in [0.1, 0.15) is 0 Å². The Balaban J connectivity index is 1.98. The minimum absolute atomic E-state index is 0.323. The molecule has 1 aliphatic heterocycles. The van der Waals surface area contributed by atoms with Crippen molar-refractivity contribution < 1.29 is 5.11 Å². The lowest BCUT2D eigenvalue weighted by Crippen LogP contribution is -2.42. The summed E-state index contributed by atoms with van der Waals surface area (Å²) in [5.41, 5.74) is 1.35. The van der Waals surface area contributed by atoms with Crippen molar-refractivity contribution in [2.45, 2.75) is 32.4 Å². The molecule has 0 spiro atoms. The van der Waals surface area contributed by atoms with Gasteiger partial charge in [0, 0.05) is 30.2 Å². The standard InChI is InChI=1S/C14H20BrNO/c1-11-2-3-13(10-17)9-16(11)8-12-4-6-14(15)7-5-12/h4-7,11,13,17H,2-3,8-10H2,1H3. The molecule has 17 heavy (non-hydrogen) atoms. The van der Waals surface area contributed by atoms with E-state index in [1.54, 1.807) is 0 Å². The van der Waals surface area contributed by atoms with Crippen molar-refractivity contribution in [2.75, 3.05) is 13.2 Å². The quantitative estimate of drug-likeness (QED) is 0.927. The average Bonchev–Trinajstić information content (AvgIpc) is 2.35. The molecule has 0 amide bonds. The molecule has 0 saturated carbocycles. The summed E-state index contributed by atoms with van der Waals surface area (Å²) in [6.07, 6.45) is 2.36. The normalized spacial score (nSPS) is 26.1. The maximum absolute atomic E-state index is 9.26. The van der Waals surface area contributed by atoms with Crippen molar-refractivity contribution in [3.8, 4) is 0 Å². The number of nitrogens with zero attached hydrogens (tertiary/aromatic N) is 1. The Morgan fingerprint density at radius 1 is 1.29 bits per heavy atom. The summed E-state index contributed by atoms with van der Waals surface area (Å²) in [5.74, 6) is 0.460. The number of hydrogen-bond acceptors (Lipinski definition) is 2. The highest BCUT2D eigenvalue weighted by atomic mass is 79.9. The van der Waals surface area contributed by atoms with Crippen LogP contribution in [0.15, 0.2) is 28.7 Å². The number of piperidine rings is 1. The fourth-order valence-electron chi connectivity index (χ4n) is 2.46. The van der Waals surface area contributed by atoms with E-state index in [1.807, 2.05) is 0 Å². The minimum Gasteiger partial charge on any atom is -0.396 e. The first kappa shape index (κ1) is 13.1. The maximum atomic E-state index is 9.26. The zero-order valence-electron chi connectivity index (χ0n) is 10.3. The molecule has 1 heterocycles. The molecule has 1 aliphatic rings. The third-order valence-corrected chi connectivity index (χ3v) is 4.19. The van der Waals surface area contributed by atoms with Gasteiger partial charge in [0.15, 0.2) is 0 Å². The van der Waals surface area contributed by atoms with Crippen LogP contribution in [0.3, 0.4) is 0 Å². The topological polar surface area (TPSA) is 23.5 Å². The first-order valence-corrected chi connectivity index (χ1v) is 7.07. The molecule has 2 nitrogen and oxygen atoms in total. The molecule has 0 bridgehead atoms. The third kappa shape index (κ3) is 3.54. The lowest BCUT2D eigenvalue weighted by Gasteiger charge is -2.37. The fraction of sp³-hybridized carbons (Fsp3) is 0.571. The summed E-state index contributed by atoms with van der Waals surface area (Å²) < 4.78 is 1.13. The molecule has 2 unspecified atom stereocenters. The zero-order chi connectivity index (χ0) is 12.3. The van der Waals surface area contributed by atoms with Gasteiger partial charge >= 0.3 is 0 Å². The summed E-state index contributed by atoms with van der Waals surface area (Å²) in [6.45, 7) is 4.62. The van der Waals surface area contributed by atoms with Gasteiger partial charge in [-0.15, -0.1) is 0 Å². The molecular formula is C14H20BrNO. The Kier molecular flexibility index (Phi) is 4.60. The van der Waals surface area contributed by atoms with Crippen molar-refractivity contribution >= 4 is 15.9 Å². The second-order valence-corrected chi connectivity index (χ2v) is 5.95. The van der Waals surface area contributed by atoms with E-state index in [1.165, 1.54) is 12.0 Å². The smallest absolute Gasteiger partial charge is 0.0471 e. The Morgan fingerprint density at radius 2 is 2.00 bits per heavy atom. The van der Waals surface area contributed by atoms with Gasteiger partial charge in [-0.2, -0.15) is 0 Å². The molecule has 1 aromatic rings. The molecule has 1 aromatic carbocycles. The number of aliphatic hydroxyl groups is 1. The van der Waals surface area contributed by atoms with Crippen LogP contribution in [-0.4, -0.2) is 29.2 Å². The highest BCUT2D eigenvalue weighted by Gasteiger charge is 2.24. The largest absolute Gasteiger partial charge is 0.396 e. The lowest BCUT2D eigenvalue weighted by molar-refractivity contribution is 0.0771. The third-order valence-electron chi connectivity index (χ3n) is 3.67. The van der Waals surface area contributed by atoms with Crippen LogP contribution in [0.4, 0.5) is 0 Å². The van der Waals surface area contributed by atoms with Crippen LogP contribution in [0.25, 0.3) is 0 Å². The van der Waals surface area contributed by atoms with Gasteiger partial charge < -0.3 is 5.11 Å². The van der Waals surface area contributed by atoms with Gasteiger partial charge in [-0.3, -0.25) is 4.90 Å². The van der Waals surface area contributed by atoms with E-state index in [4.69, 9.17) is 0 Å². The van der Waals surface area contributed by atoms with Gasteiger partial charge in [0.05, 0.1) is 0 Å². The number of likely N-dealkylation sites (tertiary alicyclic amines) is 1. The van der Waals surface area contributed by atoms with Crippen LogP contribution in [0, 0.1) is 5.92 Å². The van der Waals surface area contributed by atoms with Gasteiger partial charge in [-0.1, -0.05) is 28.1 Å². The monoisotopic (exact) mass is 297 g/mol. The van der Waals surface area contributed by atoms with Crippen molar-refractivity contribution in [3.63, 3.8) is 0 Å². The molecule has 0 aliphatic carbocycles. The van der Waals surface area contributed by atoms with E-state index in [2.05, 4.69) is 52.0 Å². The summed E-state index contributed by atoms with van der Waals surface area (Å²) >= 11 is 3.46. The predicted molar refractivity (Wildman–Crippen MR) is 73.8 cm³/mol. The molecule has 2 rings (SSSR count). The van der Waals surface area contributed by atoms with E-state index in [-0.39, 0.29) is 0 Å². The number of hydrogen-bond donors (Lipinski definition) is 1. The summed E-state index contributed by atoms with van der Waals surface area (Å²) in [6, 6.07) is 9.14. The van der Waals surface area contributed by atoms with Crippen LogP contribution >= 0.6 is 15.9 Å². The summed E-state index contributed by atoms with van der Waals surface area (Å²) in [4.78, 5) is 2.48. The number of rotatable bonds is 3. The SMILES string of the molecule is CC1CCC(CO)CN1Cc1ccc(Br)cc1. The van der Waals surface area contributed by atoms with Crippen LogP contribution in [0.2, 0.25) is 0 Å². The molecule has 0 radical (unpaired) electrons. The Hall–Kier alpha value is -0.380. The molecule has 1 fully saturated rings. The van der Waals surface area contributed by atoms with Gasteiger partial charge in [-0.25, -0.2) is 0 Å². The van der Waals surface area contributed by atoms with Crippen molar-refractivity contribution in [3.05, 3.63) is 34.3 Å². The molecule has 1 N–H and O–H groups in total. The molecular weight excluding hydrogens is 278 g/mol. The highest BCUT2D eigenvalue weighted by molar-refractivity contribution is 9.10. The first-order chi connectivity index (χ1) is 8.19. The van der Waals surface area contributed by atoms with E-state index in [9.17, 15) is 5.11 Å². The number of aliphatic hydroxyl groups excluding tert-OH is 1. The zero-order valence-corrected chi connectivity index (χ0v) is 11.9. The van der Waals surface area contributed by atoms with Crippen molar-refractivity contribution in [1.29, 1.82) is 0 Å². The van der Waals surface area contributed by atoms with E-state index in [0.29, 0.717) is 18.6 Å². The molecule has 0 aromatic heterocycles. The van der Waals surface area contributed by atoms with E-state index < -0.39 is 0 Å².